The molecule has 2 heterocycles. The minimum Gasteiger partial charge on any atom is -0.395 e. The number of hydrogen-bond donors (Lipinski definition) is 2. The number of amides is 2. The fourth-order valence-electron chi connectivity index (χ4n) is 3.34. The second-order valence-corrected chi connectivity index (χ2v) is 8.69. The van der Waals surface area contributed by atoms with Gasteiger partial charge in [-0.15, -0.1) is 0 Å². The Kier molecular flexibility index (Phi) is 5.52. The van der Waals surface area contributed by atoms with Crippen LogP contribution in [-0.2, 0) is 19.4 Å². The third kappa shape index (κ3) is 4.14. The van der Waals surface area contributed by atoms with Crippen LogP contribution in [0.5, 0.6) is 0 Å². The van der Waals surface area contributed by atoms with E-state index in [1.54, 1.807) is 12.1 Å². The van der Waals surface area contributed by atoms with Crippen molar-refractivity contribution < 1.29 is 23.1 Å². The van der Waals surface area contributed by atoms with E-state index in [2.05, 4.69) is 10.2 Å². The summed E-state index contributed by atoms with van der Waals surface area (Å²) in [5.74, 6) is -1.12. The number of β-amino-alcohol motifs (C(OH)–C–C–N with tert-alkyl or cyclic N) is 1. The molecular formula is C18H23N3O5S. The monoisotopic (exact) mass is 393 g/mol. The second-order valence-electron chi connectivity index (χ2n) is 6.70. The molecule has 0 radical (unpaired) electrons. The topological polar surface area (TPSA) is 107 Å². The predicted octanol–water partition coefficient (Wildman–Crippen LogP) is 0.737. The van der Waals surface area contributed by atoms with E-state index in [1.165, 1.54) is 12.5 Å². The van der Waals surface area contributed by atoms with Gasteiger partial charge < -0.3 is 15.3 Å². The fraction of sp³-hybridized carbons (Fsp3) is 0.444. The summed E-state index contributed by atoms with van der Waals surface area (Å²) in [6.45, 7) is 1.34. The first-order valence-corrected chi connectivity index (χ1v) is 10.7. The summed E-state index contributed by atoms with van der Waals surface area (Å²) in [6.07, 6.45) is 5.54. The van der Waals surface area contributed by atoms with Gasteiger partial charge in [0.2, 0.25) is 0 Å². The average molecular weight is 393 g/mol. The van der Waals surface area contributed by atoms with Crippen molar-refractivity contribution in [2.75, 3.05) is 42.7 Å². The molecule has 1 fully saturated rings. The molecular weight excluding hydrogens is 370 g/mol. The second kappa shape index (κ2) is 7.69. The largest absolute Gasteiger partial charge is 0.395 e. The highest BCUT2D eigenvalue weighted by Crippen LogP contribution is 2.30. The minimum absolute atomic E-state index is 0.00542. The molecule has 2 N–H and O–H groups in total. The first kappa shape index (κ1) is 19.4. The molecule has 0 bridgehead atoms. The Morgan fingerprint density at radius 2 is 1.85 bits per heavy atom. The lowest BCUT2D eigenvalue weighted by Crippen LogP contribution is -2.34. The summed E-state index contributed by atoms with van der Waals surface area (Å²) in [7, 11) is -3.54. The molecule has 27 heavy (non-hydrogen) atoms. The maximum atomic E-state index is 12.4. The highest BCUT2D eigenvalue weighted by molar-refractivity contribution is 7.90. The minimum atomic E-state index is -3.54. The predicted molar refractivity (Wildman–Crippen MR) is 101 cm³/mol. The summed E-state index contributed by atoms with van der Waals surface area (Å²) in [6, 6.07) is 4.99. The first-order chi connectivity index (χ1) is 12.8. The summed E-state index contributed by atoms with van der Waals surface area (Å²) in [5.41, 5.74) is 1.13. The molecule has 9 heteroatoms. The lowest BCUT2D eigenvalue weighted by atomic mass is 10.1. The lowest BCUT2D eigenvalue weighted by molar-refractivity contribution is -0.137. The standard InChI is InChI=1S/C18H23N3O5S/c1-27(25,26)16-6-5-13(20-7-3-2-4-8-20)11-14(16)19-15-12-17(23)21(9-10-22)18(15)24/h5-6,11-12,19,22H,2-4,7-10H2,1H3. The third-order valence-corrected chi connectivity index (χ3v) is 5.84. The van der Waals surface area contributed by atoms with Gasteiger partial charge in [-0.25, -0.2) is 8.42 Å². The van der Waals surface area contributed by atoms with Crippen molar-refractivity contribution >= 4 is 33.0 Å². The van der Waals surface area contributed by atoms with Crippen LogP contribution in [-0.4, -0.2) is 62.7 Å². The van der Waals surface area contributed by atoms with Crippen molar-refractivity contribution in [3.8, 4) is 0 Å². The van der Waals surface area contributed by atoms with Gasteiger partial charge in [0.1, 0.15) is 5.70 Å². The Bertz CT molecular complexity index is 888. The van der Waals surface area contributed by atoms with Crippen LogP contribution in [0.1, 0.15) is 19.3 Å². The number of nitrogens with one attached hydrogen (secondary N) is 1. The van der Waals surface area contributed by atoms with Crippen molar-refractivity contribution in [2.24, 2.45) is 0 Å². The molecule has 1 aromatic carbocycles. The molecule has 3 rings (SSSR count). The van der Waals surface area contributed by atoms with Gasteiger partial charge in [-0.05, 0) is 37.5 Å². The Balaban J connectivity index is 1.94. The summed E-state index contributed by atoms with van der Waals surface area (Å²) >= 11 is 0. The Morgan fingerprint density at radius 1 is 1.15 bits per heavy atom. The summed E-state index contributed by atoms with van der Waals surface area (Å²) < 4.78 is 24.3. The molecule has 0 atom stereocenters. The van der Waals surface area contributed by atoms with Crippen LogP contribution in [0.4, 0.5) is 11.4 Å². The van der Waals surface area contributed by atoms with Crippen molar-refractivity contribution in [2.45, 2.75) is 24.2 Å². The summed E-state index contributed by atoms with van der Waals surface area (Å²) in [4.78, 5) is 27.4. The Labute approximate surface area is 158 Å². The molecule has 0 saturated carbocycles. The Hall–Kier alpha value is -2.39. The van der Waals surface area contributed by atoms with E-state index in [9.17, 15) is 18.0 Å². The van der Waals surface area contributed by atoms with Crippen molar-refractivity contribution in [3.05, 3.63) is 30.0 Å². The number of sulfone groups is 1. The smallest absolute Gasteiger partial charge is 0.277 e. The van der Waals surface area contributed by atoms with Gasteiger partial charge in [0.25, 0.3) is 11.8 Å². The van der Waals surface area contributed by atoms with Crippen LogP contribution >= 0.6 is 0 Å². The highest BCUT2D eigenvalue weighted by Gasteiger charge is 2.31. The van der Waals surface area contributed by atoms with Gasteiger partial charge in [-0.1, -0.05) is 0 Å². The van der Waals surface area contributed by atoms with Gasteiger partial charge >= 0.3 is 0 Å². The number of benzene rings is 1. The van der Waals surface area contributed by atoms with Crippen LogP contribution in [0.3, 0.4) is 0 Å². The molecule has 8 nitrogen and oxygen atoms in total. The molecule has 0 aliphatic carbocycles. The van der Waals surface area contributed by atoms with Crippen molar-refractivity contribution in [1.29, 1.82) is 0 Å². The van der Waals surface area contributed by atoms with Crippen LogP contribution in [0.15, 0.2) is 34.9 Å². The van der Waals surface area contributed by atoms with Crippen LogP contribution in [0.25, 0.3) is 0 Å². The normalized spacial score (nSPS) is 18.1. The number of aliphatic hydroxyl groups is 1. The van der Waals surface area contributed by atoms with Gasteiger partial charge in [-0.2, -0.15) is 0 Å². The lowest BCUT2D eigenvalue weighted by Gasteiger charge is -2.29. The zero-order valence-electron chi connectivity index (χ0n) is 15.1. The SMILES string of the molecule is CS(=O)(=O)c1ccc(N2CCCCC2)cc1NC1=CC(=O)N(CCO)C1=O. The Morgan fingerprint density at radius 3 is 2.48 bits per heavy atom. The fourth-order valence-corrected chi connectivity index (χ4v) is 4.17. The van der Waals surface area contributed by atoms with Gasteiger partial charge in [0.15, 0.2) is 9.84 Å². The number of imide groups is 1. The highest BCUT2D eigenvalue weighted by atomic mass is 32.2. The molecule has 2 aliphatic heterocycles. The van der Waals surface area contributed by atoms with Crippen LogP contribution < -0.4 is 10.2 Å². The number of piperidine rings is 1. The maximum absolute atomic E-state index is 12.4. The maximum Gasteiger partial charge on any atom is 0.277 e. The zero-order chi connectivity index (χ0) is 19.6. The molecule has 2 aliphatic rings. The third-order valence-electron chi connectivity index (χ3n) is 4.69. The van der Waals surface area contributed by atoms with E-state index < -0.39 is 21.7 Å². The molecule has 0 unspecified atom stereocenters. The first-order valence-electron chi connectivity index (χ1n) is 8.86. The van der Waals surface area contributed by atoms with E-state index in [0.29, 0.717) is 0 Å². The average Bonchev–Trinajstić information content (AvgIpc) is 2.89. The summed E-state index contributed by atoms with van der Waals surface area (Å²) in [5, 5.41) is 11.8. The quantitative estimate of drug-likeness (QED) is 0.687. The number of nitrogens with zero attached hydrogens (tertiary/aromatic N) is 2. The van der Waals surface area contributed by atoms with E-state index in [4.69, 9.17) is 5.11 Å². The van der Waals surface area contributed by atoms with Crippen LogP contribution in [0, 0.1) is 0 Å². The number of hydrogen-bond acceptors (Lipinski definition) is 7. The number of aliphatic hydroxyl groups excluding tert-OH is 1. The van der Waals surface area contributed by atoms with Crippen molar-refractivity contribution in [1.82, 2.24) is 4.90 Å². The van der Waals surface area contributed by atoms with Gasteiger partial charge in [0, 0.05) is 31.1 Å². The number of carbonyl (C=O) groups is 2. The number of rotatable bonds is 6. The zero-order valence-corrected chi connectivity index (χ0v) is 16.0. The van der Waals surface area contributed by atoms with Gasteiger partial charge in [0.05, 0.1) is 23.7 Å². The van der Waals surface area contributed by atoms with E-state index >= 15 is 0 Å². The molecule has 146 valence electrons. The van der Waals surface area contributed by atoms with E-state index in [-0.39, 0.29) is 29.4 Å². The van der Waals surface area contributed by atoms with Crippen LogP contribution in [0.2, 0.25) is 0 Å². The number of carbonyl (C=O) groups excluding carboxylic acids is 2. The van der Waals surface area contributed by atoms with E-state index in [0.717, 1.165) is 48.9 Å². The molecule has 0 spiro atoms. The molecule has 1 aromatic rings. The molecule has 1 saturated heterocycles. The van der Waals surface area contributed by atoms with Crippen molar-refractivity contribution in [3.63, 3.8) is 0 Å². The molecule has 2 amide bonds. The molecule has 0 aromatic heterocycles. The van der Waals surface area contributed by atoms with Gasteiger partial charge in [-0.3, -0.25) is 14.5 Å². The number of anilines is 2. The van der Waals surface area contributed by atoms with E-state index in [1.807, 2.05) is 0 Å².